The molecule has 0 bridgehead atoms. The summed E-state index contributed by atoms with van der Waals surface area (Å²) in [5.41, 5.74) is -0.534. The zero-order valence-corrected chi connectivity index (χ0v) is 15.6. The van der Waals surface area contributed by atoms with Crippen LogP contribution in [-0.4, -0.2) is 39.5 Å². The third-order valence-electron chi connectivity index (χ3n) is 4.75. The van der Waals surface area contributed by atoms with Crippen LogP contribution in [0.15, 0.2) is 35.3 Å². The minimum absolute atomic E-state index is 0.0811. The van der Waals surface area contributed by atoms with Crippen molar-refractivity contribution in [3.8, 4) is 5.75 Å². The minimum Gasteiger partial charge on any atom is -0.503 e. The molecule has 8 heteroatoms. The number of halogens is 1. The third kappa shape index (κ3) is 3.90. The molecule has 0 aliphatic carbocycles. The highest BCUT2D eigenvalue weighted by Gasteiger charge is 2.30. The van der Waals surface area contributed by atoms with Crippen LogP contribution in [0.1, 0.15) is 46.2 Å². The van der Waals surface area contributed by atoms with Gasteiger partial charge in [0, 0.05) is 32.4 Å². The van der Waals surface area contributed by atoms with Crippen LogP contribution >= 0.6 is 0 Å². The maximum Gasteiger partial charge on any atom is 0.274 e. The lowest BCUT2D eigenvalue weighted by atomic mass is 10.1. The van der Waals surface area contributed by atoms with Crippen molar-refractivity contribution < 1.29 is 19.1 Å². The summed E-state index contributed by atoms with van der Waals surface area (Å²) in [6.45, 7) is 3.51. The van der Waals surface area contributed by atoms with Crippen molar-refractivity contribution in [3.05, 3.63) is 63.3 Å². The van der Waals surface area contributed by atoms with Gasteiger partial charge in [-0.3, -0.25) is 14.4 Å². The van der Waals surface area contributed by atoms with E-state index in [2.05, 4.69) is 5.32 Å². The predicted molar refractivity (Wildman–Crippen MR) is 101 cm³/mol. The van der Waals surface area contributed by atoms with Crippen LogP contribution in [0.4, 0.5) is 4.39 Å². The molecule has 2 N–H and O–H groups in total. The Labute approximate surface area is 161 Å². The van der Waals surface area contributed by atoms with Crippen molar-refractivity contribution in [2.75, 3.05) is 13.1 Å². The van der Waals surface area contributed by atoms with Crippen LogP contribution < -0.4 is 10.7 Å². The first-order valence-corrected chi connectivity index (χ1v) is 9.20. The second-order valence-corrected chi connectivity index (χ2v) is 6.72. The van der Waals surface area contributed by atoms with E-state index in [9.17, 15) is 23.9 Å². The third-order valence-corrected chi connectivity index (χ3v) is 4.75. The zero-order valence-electron chi connectivity index (χ0n) is 15.6. The highest BCUT2D eigenvalue weighted by Crippen LogP contribution is 2.20. The smallest absolute Gasteiger partial charge is 0.274 e. The van der Waals surface area contributed by atoms with E-state index in [-0.39, 0.29) is 23.6 Å². The summed E-state index contributed by atoms with van der Waals surface area (Å²) in [7, 11) is 0. The van der Waals surface area contributed by atoms with Gasteiger partial charge in [0.2, 0.25) is 5.43 Å². The quantitative estimate of drug-likeness (QED) is 0.792. The van der Waals surface area contributed by atoms with E-state index in [1.807, 2.05) is 6.92 Å². The Morgan fingerprint density at radius 1 is 1.21 bits per heavy atom. The number of aromatic nitrogens is 1. The summed E-state index contributed by atoms with van der Waals surface area (Å²) in [5.74, 6) is -2.17. The summed E-state index contributed by atoms with van der Waals surface area (Å²) in [6, 6.07) is 5.60. The van der Waals surface area contributed by atoms with Gasteiger partial charge in [-0.1, -0.05) is 25.5 Å². The van der Waals surface area contributed by atoms with Crippen molar-refractivity contribution in [1.82, 2.24) is 14.8 Å². The van der Waals surface area contributed by atoms with Crippen LogP contribution in [-0.2, 0) is 13.1 Å². The van der Waals surface area contributed by atoms with Crippen LogP contribution in [0.2, 0.25) is 0 Å². The second-order valence-electron chi connectivity index (χ2n) is 6.72. The number of pyridine rings is 1. The average Bonchev–Trinajstić information content (AvgIpc) is 2.69. The fraction of sp³-hybridized carbons (Fsp3) is 0.350. The molecule has 1 aromatic heterocycles. The molecule has 1 aliphatic heterocycles. The number of aromatic hydroxyl groups is 1. The molecule has 2 aromatic rings. The SMILES string of the molecule is CCCCN1CCn2cc(C(=O)NCc3ccc(F)cc3)c(=O)c(O)c2C1=O. The summed E-state index contributed by atoms with van der Waals surface area (Å²) >= 11 is 0. The Bertz CT molecular complexity index is 953. The van der Waals surface area contributed by atoms with E-state index in [0.717, 1.165) is 12.8 Å². The molecule has 7 nitrogen and oxygen atoms in total. The second kappa shape index (κ2) is 8.24. The number of amides is 2. The van der Waals surface area contributed by atoms with Crippen LogP contribution in [0, 0.1) is 5.82 Å². The van der Waals surface area contributed by atoms with E-state index < -0.39 is 23.0 Å². The number of unbranched alkanes of at least 4 members (excludes halogenated alkanes) is 1. The molecule has 1 aromatic carbocycles. The van der Waals surface area contributed by atoms with Crippen molar-refractivity contribution >= 4 is 11.8 Å². The van der Waals surface area contributed by atoms with Crippen molar-refractivity contribution in [2.24, 2.45) is 0 Å². The minimum atomic E-state index is -0.881. The average molecular weight is 387 g/mol. The maximum absolute atomic E-state index is 12.9. The summed E-state index contributed by atoms with van der Waals surface area (Å²) in [5, 5.41) is 12.9. The summed E-state index contributed by atoms with van der Waals surface area (Å²) in [4.78, 5) is 39.1. The van der Waals surface area contributed by atoms with E-state index >= 15 is 0 Å². The predicted octanol–water partition coefficient (Wildman–Crippen LogP) is 1.88. The number of carbonyl (C=O) groups is 2. The van der Waals surface area contributed by atoms with Gasteiger partial charge in [-0.25, -0.2) is 4.39 Å². The molecule has 3 rings (SSSR count). The molecule has 0 fully saturated rings. The number of hydrogen-bond acceptors (Lipinski definition) is 4. The van der Waals surface area contributed by atoms with Crippen molar-refractivity contribution in [3.63, 3.8) is 0 Å². The molecule has 28 heavy (non-hydrogen) atoms. The molecule has 0 atom stereocenters. The molecule has 1 aliphatic rings. The fourth-order valence-electron chi connectivity index (χ4n) is 3.13. The topological polar surface area (TPSA) is 91.6 Å². The summed E-state index contributed by atoms with van der Waals surface area (Å²) in [6.07, 6.45) is 3.07. The maximum atomic E-state index is 12.9. The molecule has 0 saturated carbocycles. The highest BCUT2D eigenvalue weighted by atomic mass is 19.1. The lowest BCUT2D eigenvalue weighted by Gasteiger charge is -2.30. The lowest BCUT2D eigenvalue weighted by Crippen LogP contribution is -2.43. The van der Waals surface area contributed by atoms with Crippen molar-refractivity contribution in [2.45, 2.75) is 32.9 Å². The molecular formula is C20H22FN3O4. The van der Waals surface area contributed by atoms with Gasteiger partial charge in [-0.15, -0.1) is 0 Å². The largest absolute Gasteiger partial charge is 0.503 e. The van der Waals surface area contributed by atoms with Crippen LogP contribution in [0.5, 0.6) is 5.75 Å². The van der Waals surface area contributed by atoms with Gasteiger partial charge in [0.05, 0.1) is 0 Å². The standard InChI is InChI=1S/C20H22FN3O4/c1-2-3-8-23-9-10-24-12-15(17(25)18(26)16(24)20(23)28)19(27)22-11-13-4-6-14(21)7-5-13/h4-7,12,26H,2-3,8-11H2,1H3,(H,22,27). The molecule has 0 spiro atoms. The van der Waals surface area contributed by atoms with Gasteiger partial charge < -0.3 is 19.9 Å². The molecule has 148 valence electrons. The number of nitrogens with zero attached hydrogens (tertiary/aromatic N) is 2. The normalized spacial score (nSPS) is 13.4. The molecule has 2 heterocycles. The van der Waals surface area contributed by atoms with E-state index in [1.165, 1.54) is 35.0 Å². The van der Waals surface area contributed by atoms with Crippen LogP contribution in [0.3, 0.4) is 0 Å². The first-order valence-electron chi connectivity index (χ1n) is 9.20. The van der Waals surface area contributed by atoms with E-state index in [1.54, 1.807) is 4.90 Å². The number of rotatable bonds is 6. The first-order chi connectivity index (χ1) is 13.4. The number of benzene rings is 1. The Morgan fingerprint density at radius 2 is 1.93 bits per heavy atom. The van der Waals surface area contributed by atoms with Gasteiger partial charge in [0.25, 0.3) is 11.8 Å². The Kier molecular flexibility index (Phi) is 5.77. The number of hydrogen-bond donors (Lipinski definition) is 2. The fourth-order valence-corrected chi connectivity index (χ4v) is 3.13. The monoisotopic (exact) mass is 387 g/mol. The molecule has 0 radical (unpaired) electrons. The molecule has 0 unspecified atom stereocenters. The molecular weight excluding hydrogens is 365 g/mol. The summed E-state index contributed by atoms with van der Waals surface area (Å²) < 4.78 is 14.4. The molecule has 2 amide bonds. The lowest BCUT2D eigenvalue weighted by molar-refractivity contribution is 0.0693. The van der Waals surface area contributed by atoms with E-state index in [4.69, 9.17) is 0 Å². The number of nitrogens with one attached hydrogen (secondary N) is 1. The molecule has 0 saturated heterocycles. The Hall–Kier alpha value is -3.16. The van der Waals surface area contributed by atoms with Gasteiger partial charge in [-0.05, 0) is 24.1 Å². The van der Waals surface area contributed by atoms with Gasteiger partial charge >= 0.3 is 0 Å². The van der Waals surface area contributed by atoms with Gasteiger partial charge in [-0.2, -0.15) is 0 Å². The van der Waals surface area contributed by atoms with Gasteiger partial charge in [0.15, 0.2) is 11.4 Å². The highest BCUT2D eigenvalue weighted by molar-refractivity contribution is 5.99. The van der Waals surface area contributed by atoms with Crippen molar-refractivity contribution in [1.29, 1.82) is 0 Å². The van der Waals surface area contributed by atoms with Gasteiger partial charge in [0.1, 0.15) is 11.4 Å². The Morgan fingerprint density at radius 3 is 2.61 bits per heavy atom. The van der Waals surface area contributed by atoms with Crippen LogP contribution in [0.25, 0.3) is 0 Å². The zero-order chi connectivity index (χ0) is 20.3. The number of fused-ring (bicyclic) bond motifs is 1. The Balaban J connectivity index is 1.81. The first kappa shape index (κ1) is 19.6. The number of carbonyl (C=O) groups excluding carboxylic acids is 2. The van der Waals surface area contributed by atoms with E-state index in [0.29, 0.717) is 25.2 Å².